The maximum Gasteiger partial charge on any atom is 0.306 e. The Hall–Kier alpha value is -2.18. The van der Waals surface area contributed by atoms with Crippen LogP contribution in [0.2, 0.25) is 0 Å². The topological polar surface area (TPSA) is 75.6 Å². The molecule has 120 valence electrons. The molecule has 1 aromatic carbocycles. The highest BCUT2D eigenvalue weighted by Gasteiger charge is 2.31. The number of amides is 1. The van der Waals surface area contributed by atoms with Crippen LogP contribution in [-0.2, 0) is 9.59 Å². The Labute approximate surface area is 126 Å². The van der Waals surface area contributed by atoms with Crippen LogP contribution in [0.15, 0.2) is 18.2 Å². The molecule has 0 aromatic heterocycles. The Morgan fingerprint density at radius 2 is 2.05 bits per heavy atom. The molecule has 0 radical (unpaired) electrons. The quantitative estimate of drug-likeness (QED) is 0.873. The first-order valence-electron chi connectivity index (χ1n) is 7.01. The van der Waals surface area contributed by atoms with Gasteiger partial charge < -0.3 is 15.2 Å². The van der Waals surface area contributed by atoms with Crippen LogP contribution in [0.5, 0.6) is 5.75 Å². The second kappa shape index (κ2) is 6.72. The molecule has 1 fully saturated rings. The molecule has 1 unspecified atom stereocenters. The maximum absolute atomic E-state index is 13.1. The van der Waals surface area contributed by atoms with E-state index < -0.39 is 35.5 Å². The summed E-state index contributed by atoms with van der Waals surface area (Å²) >= 11 is 0. The van der Waals surface area contributed by atoms with Crippen LogP contribution in [0.25, 0.3) is 0 Å². The first kappa shape index (κ1) is 16.2. The fourth-order valence-corrected chi connectivity index (χ4v) is 2.46. The van der Waals surface area contributed by atoms with Gasteiger partial charge in [0, 0.05) is 12.1 Å². The molecule has 22 heavy (non-hydrogen) atoms. The number of nitrogens with one attached hydrogen (secondary N) is 1. The van der Waals surface area contributed by atoms with Crippen LogP contribution in [0.1, 0.15) is 26.2 Å². The van der Waals surface area contributed by atoms with Crippen molar-refractivity contribution in [3.63, 3.8) is 0 Å². The summed E-state index contributed by atoms with van der Waals surface area (Å²) in [5.74, 6) is -3.70. The third-order valence-corrected chi connectivity index (χ3v) is 3.70. The van der Waals surface area contributed by atoms with Crippen LogP contribution in [0.3, 0.4) is 0 Å². The number of carbonyl (C=O) groups excluding carboxylic acids is 1. The molecule has 3 atom stereocenters. The molecular weight excluding hydrogens is 296 g/mol. The van der Waals surface area contributed by atoms with Crippen LogP contribution in [-0.4, -0.2) is 29.1 Å². The Balaban J connectivity index is 1.87. The number of aliphatic carboxylic acids is 1. The van der Waals surface area contributed by atoms with E-state index in [1.54, 1.807) is 0 Å². The summed E-state index contributed by atoms with van der Waals surface area (Å²) in [5, 5.41) is 11.6. The molecule has 1 aliphatic carbocycles. The zero-order chi connectivity index (χ0) is 16.3. The van der Waals surface area contributed by atoms with Crippen LogP contribution in [0.4, 0.5) is 8.78 Å². The van der Waals surface area contributed by atoms with Crippen molar-refractivity contribution >= 4 is 11.9 Å². The molecule has 1 aromatic rings. The number of carboxylic acid groups (broad SMARTS) is 1. The van der Waals surface area contributed by atoms with E-state index in [2.05, 4.69) is 5.32 Å². The number of hydrogen-bond donors (Lipinski definition) is 2. The van der Waals surface area contributed by atoms with Crippen molar-refractivity contribution < 1.29 is 28.2 Å². The largest absolute Gasteiger partial charge is 0.481 e. The monoisotopic (exact) mass is 313 g/mol. The van der Waals surface area contributed by atoms with E-state index in [1.807, 2.05) is 0 Å². The van der Waals surface area contributed by atoms with Crippen molar-refractivity contribution in [1.82, 2.24) is 5.32 Å². The second-order valence-electron chi connectivity index (χ2n) is 5.39. The average Bonchev–Trinajstić information content (AvgIpc) is 2.91. The van der Waals surface area contributed by atoms with Crippen molar-refractivity contribution in [2.24, 2.45) is 5.92 Å². The molecule has 0 heterocycles. The van der Waals surface area contributed by atoms with E-state index in [9.17, 15) is 18.4 Å². The van der Waals surface area contributed by atoms with Gasteiger partial charge in [0.1, 0.15) is 5.75 Å². The van der Waals surface area contributed by atoms with E-state index in [0.717, 1.165) is 12.1 Å². The van der Waals surface area contributed by atoms with Gasteiger partial charge in [0.25, 0.3) is 5.91 Å². The minimum absolute atomic E-state index is 0.0522. The number of hydrogen-bond acceptors (Lipinski definition) is 3. The van der Waals surface area contributed by atoms with E-state index in [0.29, 0.717) is 19.3 Å². The molecule has 0 bridgehead atoms. The molecule has 7 heteroatoms. The number of rotatable bonds is 5. The lowest BCUT2D eigenvalue weighted by Crippen LogP contribution is -2.41. The lowest BCUT2D eigenvalue weighted by molar-refractivity contribution is -0.141. The summed E-state index contributed by atoms with van der Waals surface area (Å²) < 4.78 is 31.1. The summed E-state index contributed by atoms with van der Waals surface area (Å²) in [6.07, 6.45) is 0.617. The molecule has 0 aliphatic heterocycles. The van der Waals surface area contributed by atoms with Gasteiger partial charge in [-0.2, -0.15) is 0 Å². The second-order valence-corrected chi connectivity index (χ2v) is 5.39. The standard InChI is InChI=1S/C15H17F2NO4/c1-8(22-11-4-5-12(16)13(17)7-11)14(19)18-10-3-2-9(6-10)15(20)21/h4-5,7-10H,2-3,6H2,1H3,(H,18,19)(H,20,21)/t8?,9-,10+/m0/s1. The summed E-state index contributed by atoms with van der Waals surface area (Å²) in [4.78, 5) is 22.8. The predicted molar refractivity (Wildman–Crippen MR) is 73.4 cm³/mol. The molecule has 1 aliphatic rings. The third kappa shape index (κ3) is 3.93. The van der Waals surface area contributed by atoms with Crippen molar-refractivity contribution in [1.29, 1.82) is 0 Å². The minimum Gasteiger partial charge on any atom is -0.481 e. The van der Waals surface area contributed by atoms with E-state index in [1.165, 1.54) is 13.0 Å². The zero-order valence-corrected chi connectivity index (χ0v) is 12.0. The van der Waals surface area contributed by atoms with Gasteiger partial charge in [-0.25, -0.2) is 8.78 Å². The van der Waals surface area contributed by atoms with E-state index in [4.69, 9.17) is 9.84 Å². The molecule has 0 spiro atoms. The van der Waals surface area contributed by atoms with Crippen molar-refractivity contribution in [2.45, 2.75) is 38.3 Å². The highest BCUT2D eigenvalue weighted by Crippen LogP contribution is 2.25. The lowest BCUT2D eigenvalue weighted by Gasteiger charge is -2.18. The minimum atomic E-state index is -1.05. The number of carboxylic acids is 1. The van der Waals surface area contributed by atoms with Gasteiger partial charge in [0.15, 0.2) is 17.7 Å². The number of ether oxygens (including phenoxy) is 1. The number of benzene rings is 1. The van der Waals surface area contributed by atoms with E-state index >= 15 is 0 Å². The van der Waals surface area contributed by atoms with E-state index in [-0.39, 0.29) is 11.8 Å². The Morgan fingerprint density at radius 3 is 2.64 bits per heavy atom. The molecular formula is C15H17F2NO4. The van der Waals surface area contributed by atoms with Crippen molar-refractivity contribution in [2.75, 3.05) is 0 Å². The smallest absolute Gasteiger partial charge is 0.306 e. The summed E-state index contributed by atoms with van der Waals surface area (Å²) in [7, 11) is 0. The number of halogens is 2. The summed E-state index contributed by atoms with van der Waals surface area (Å²) in [6.45, 7) is 1.49. The normalized spacial score (nSPS) is 22.1. The maximum atomic E-state index is 13.1. The summed E-state index contributed by atoms with van der Waals surface area (Å²) in [5.41, 5.74) is 0. The van der Waals surface area contributed by atoms with Crippen LogP contribution >= 0.6 is 0 Å². The molecule has 2 N–H and O–H groups in total. The molecule has 2 rings (SSSR count). The predicted octanol–water partition coefficient (Wildman–Crippen LogP) is 2.10. The van der Waals surface area contributed by atoms with Gasteiger partial charge in [-0.05, 0) is 38.3 Å². The highest BCUT2D eigenvalue weighted by molar-refractivity contribution is 5.81. The van der Waals surface area contributed by atoms with Gasteiger partial charge >= 0.3 is 5.97 Å². The fraction of sp³-hybridized carbons (Fsp3) is 0.467. The van der Waals surface area contributed by atoms with Gasteiger partial charge in [0.05, 0.1) is 5.92 Å². The first-order valence-corrected chi connectivity index (χ1v) is 7.01. The lowest BCUT2D eigenvalue weighted by atomic mass is 10.1. The molecule has 0 saturated heterocycles. The Bertz CT molecular complexity index is 579. The van der Waals surface area contributed by atoms with Gasteiger partial charge in [-0.1, -0.05) is 0 Å². The zero-order valence-electron chi connectivity index (χ0n) is 12.0. The van der Waals surface area contributed by atoms with Gasteiger partial charge in [-0.3, -0.25) is 9.59 Å². The molecule has 1 amide bonds. The third-order valence-electron chi connectivity index (χ3n) is 3.70. The van der Waals surface area contributed by atoms with Crippen molar-refractivity contribution in [3.05, 3.63) is 29.8 Å². The molecule has 5 nitrogen and oxygen atoms in total. The van der Waals surface area contributed by atoms with Gasteiger partial charge in [0.2, 0.25) is 0 Å². The Morgan fingerprint density at radius 1 is 1.32 bits per heavy atom. The molecule has 1 saturated carbocycles. The number of carbonyl (C=O) groups is 2. The SMILES string of the molecule is CC(Oc1ccc(F)c(F)c1)C(=O)N[C@@H]1CC[C@H](C(=O)O)C1. The van der Waals surface area contributed by atoms with Gasteiger partial charge in [-0.15, -0.1) is 0 Å². The van der Waals surface area contributed by atoms with Crippen LogP contribution < -0.4 is 10.1 Å². The average molecular weight is 313 g/mol. The Kier molecular flexibility index (Phi) is 4.95. The van der Waals surface area contributed by atoms with Crippen molar-refractivity contribution in [3.8, 4) is 5.75 Å². The summed E-state index contributed by atoms with van der Waals surface area (Å²) in [6, 6.07) is 2.82. The highest BCUT2D eigenvalue weighted by atomic mass is 19.2. The van der Waals surface area contributed by atoms with Crippen LogP contribution in [0, 0.1) is 17.6 Å². The first-order chi connectivity index (χ1) is 10.4. The fourth-order valence-electron chi connectivity index (χ4n) is 2.46.